The topological polar surface area (TPSA) is 66.4 Å². The van der Waals surface area contributed by atoms with Gasteiger partial charge in [-0.15, -0.1) is 0 Å². The first-order chi connectivity index (χ1) is 10.0. The highest BCUT2D eigenvalue weighted by Crippen LogP contribution is 2.42. The molecule has 0 spiro atoms. The second-order valence-electron chi connectivity index (χ2n) is 6.69. The Bertz CT molecular complexity index is 380. The van der Waals surface area contributed by atoms with Gasteiger partial charge >= 0.3 is 5.97 Å². The van der Waals surface area contributed by atoms with Crippen LogP contribution in [0.25, 0.3) is 0 Å². The van der Waals surface area contributed by atoms with Crippen LogP contribution in [0.2, 0.25) is 0 Å². The fraction of sp³-hybridized carbons (Fsp3) is 0.875. The summed E-state index contributed by atoms with van der Waals surface area (Å²) >= 11 is 1.83. The van der Waals surface area contributed by atoms with Crippen LogP contribution >= 0.6 is 11.8 Å². The second kappa shape index (κ2) is 7.52. The van der Waals surface area contributed by atoms with Crippen LogP contribution in [-0.4, -0.2) is 34.5 Å². The Kier molecular flexibility index (Phi) is 5.97. The van der Waals surface area contributed by atoms with Gasteiger partial charge in [-0.25, -0.2) is 0 Å². The average molecular weight is 313 g/mol. The molecule has 2 aliphatic rings. The lowest BCUT2D eigenvalue weighted by Crippen LogP contribution is -2.42. The summed E-state index contributed by atoms with van der Waals surface area (Å²) < 4.78 is 0. The zero-order chi connectivity index (χ0) is 15.3. The van der Waals surface area contributed by atoms with E-state index in [0.717, 1.165) is 32.1 Å². The fourth-order valence-corrected chi connectivity index (χ4v) is 4.95. The van der Waals surface area contributed by atoms with Gasteiger partial charge in [0, 0.05) is 17.7 Å². The maximum Gasteiger partial charge on any atom is 0.303 e. The lowest BCUT2D eigenvalue weighted by Gasteiger charge is -2.36. The van der Waals surface area contributed by atoms with E-state index in [4.69, 9.17) is 0 Å². The zero-order valence-electron chi connectivity index (χ0n) is 12.9. The van der Waals surface area contributed by atoms with E-state index in [9.17, 15) is 14.7 Å². The summed E-state index contributed by atoms with van der Waals surface area (Å²) in [7, 11) is 0. The van der Waals surface area contributed by atoms with E-state index < -0.39 is 5.97 Å². The number of carbonyl (C=O) groups is 2. The largest absolute Gasteiger partial charge is 0.481 e. The number of carboxylic acids is 1. The van der Waals surface area contributed by atoms with Crippen molar-refractivity contribution in [1.82, 2.24) is 5.32 Å². The molecule has 0 aromatic rings. The second-order valence-corrected chi connectivity index (χ2v) is 7.76. The number of carboxylic acid groups (broad SMARTS) is 1. The van der Waals surface area contributed by atoms with Gasteiger partial charge in [0.05, 0.1) is 6.42 Å². The number of aliphatic carboxylic acids is 1. The first-order valence-corrected chi connectivity index (χ1v) is 9.37. The van der Waals surface area contributed by atoms with E-state index in [0.29, 0.717) is 11.7 Å². The third-order valence-electron chi connectivity index (χ3n) is 5.08. The van der Waals surface area contributed by atoms with E-state index in [1.807, 2.05) is 11.8 Å². The number of rotatable bonds is 6. The van der Waals surface area contributed by atoms with E-state index in [1.54, 1.807) is 0 Å². The highest BCUT2D eigenvalue weighted by atomic mass is 32.2. The van der Waals surface area contributed by atoms with Gasteiger partial charge < -0.3 is 10.4 Å². The van der Waals surface area contributed by atoms with Crippen molar-refractivity contribution in [2.45, 2.75) is 75.5 Å². The van der Waals surface area contributed by atoms with Crippen LogP contribution < -0.4 is 5.32 Å². The molecule has 0 saturated heterocycles. The minimum Gasteiger partial charge on any atom is -0.481 e. The number of hydrogen-bond donors (Lipinski definition) is 2. The van der Waals surface area contributed by atoms with Crippen molar-refractivity contribution >= 4 is 23.6 Å². The molecule has 5 heteroatoms. The number of amides is 1. The standard InChI is InChI=1S/C16H27NO3S/c1-21-13-7-5-6-12(13)17-14(18)10-16(11-15(19)20)8-3-2-4-9-16/h12-13H,2-11H2,1H3,(H,17,18)(H,19,20). The molecule has 0 aliphatic heterocycles. The molecular weight excluding hydrogens is 286 g/mol. The van der Waals surface area contributed by atoms with Gasteiger partial charge in [0.15, 0.2) is 0 Å². The van der Waals surface area contributed by atoms with Gasteiger partial charge in [0.25, 0.3) is 0 Å². The molecule has 0 aromatic heterocycles. The molecule has 0 bridgehead atoms. The van der Waals surface area contributed by atoms with Crippen LogP contribution in [0.3, 0.4) is 0 Å². The van der Waals surface area contributed by atoms with Crippen LogP contribution in [0.1, 0.15) is 64.2 Å². The quantitative estimate of drug-likeness (QED) is 0.790. The molecule has 2 saturated carbocycles. The highest BCUT2D eigenvalue weighted by molar-refractivity contribution is 7.99. The molecule has 2 unspecified atom stereocenters. The lowest BCUT2D eigenvalue weighted by molar-refractivity contribution is -0.141. The smallest absolute Gasteiger partial charge is 0.303 e. The normalized spacial score (nSPS) is 28.2. The van der Waals surface area contributed by atoms with Crippen molar-refractivity contribution in [3.8, 4) is 0 Å². The van der Waals surface area contributed by atoms with Crippen molar-refractivity contribution in [1.29, 1.82) is 0 Å². The first kappa shape index (κ1) is 16.7. The Balaban J connectivity index is 1.93. The molecule has 0 heterocycles. The van der Waals surface area contributed by atoms with Crippen LogP contribution in [-0.2, 0) is 9.59 Å². The zero-order valence-corrected chi connectivity index (χ0v) is 13.7. The Morgan fingerprint density at radius 1 is 1.14 bits per heavy atom. The molecular formula is C16H27NO3S. The Morgan fingerprint density at radius 2 is 1.86 bits per heavy atom. The summed E-state index contributed by atoms with van der Waals surface area (Å²) in [5.41, 5.74) is -0.304. The van der Waals surface area contributed by atoms with E-state index >= 15 is 0 Å². The number of hydrogen-bond acceptors (Lipinski definition) is 3. The monoisotopic (exact) mass is 313 g/mol. The number of carbonyl (C=O) groups excluding carboxylic acids is 1. The molecule has 2 aliphatic carbocycles. The van der Waals surface area contributed by atoms with Crippen LogP contribution in [0.5, 0.6) is 0 Å². The summed E-state index contributed by atoms with van der Waals surface area (Å²) in [5.74, 6) is -0.711. The maximum atomic E-state index is 12.4. The van der Waals surface area contributed by atoms with Gasteiger partial charge in [-0.1, -0.05) is 25.7 Å². The molecule has 2 rings (SSSR count). The Morgan fingerprint density at radius 3 is 2.48 bits per heavy atom. The molecule has 0 radical (unpaired) electrons. The minimum atomic E-state index is -0.771. The van der Waals surface area contributed by atoms with E-state index in [2.05, 4.69) is 11.6 Å². The van der Waals surface area contributed by atoms with Crippen molar-refractivity contribution in [2.75, 3.05) is 6.26 Å². The predicted octanol–water partition coefficient (Wildman–Crippen LogP) is 3.20. The van der Waals surface area contributed by atoms with Gasteiger partial charge in [-0.05, 0) is 37.4 Å². The molecule has 4 nitrogen and oxygen atoms in total. The third kappa shape index (κ3) is 4.63. The Hall–Kier alpha value is -0.710. The molecule has 1 amide bonds. The summed E-state index contributed by atoms with van der Waals surface area (Å²) in [6.45, 7) is 0. The van der Waals surface area contributed by atoms with Crippen LogP contribution in [0.15, 0.2) is 0 Å². The molecule has 21 heavy (non-hydrogen) atoms. The Labute approximate surface area is 131 Å². The van der Waals surface area contributed by atoms with Crippen molar-refractivity contribution in [3.05, 3.63) is 0 Å². The first-order valence-electron chi connectivity index (χ1n) is 8.09. The summed E-state index contributed by atoms with van der Waals surface area (Å²) in [5, 5.41) is 12.9. The summed E-state index contributed by atoms with van der Waals surface area (Å²) in [6.07, 6.45) is 11.1. The number of thioether (sulfide) groups is 1. The molecule has 120 valence electrons. The molecule has 2 fully saturated rings. The molecule has 2 N–H and O–H groups in total. The van der Waals surface area contributed by atoms with Gasteiger partial charge in [-0.3, -0.25) is 9.59 Å². The van der Waals surface area contributed by atoms with Gasteiger partial charge in [0.1, 0.15) is 0 Å². The van der Waals surface area contributed by atoms with Crippen molar-refractivity contribution in [3.63, 3.8) is 0 Å². The molecule has 2 atom stereocenters. The SMILES string of the molecule is CSC1CCCC1NC(=O)CC1(CC(=O)O)CCCCC1. The van der Waals surface area contributed by atoms with Crippen molar-refractivity contribution in [2.24, 2.45) is 5.41 Å². The van der Waals surface area contributed by atoms with Gasteiger partial charge in [-0.2, -0.15) is 11.8 Å². The van der Waals surface area contributed by atoms with E-state index in [-0.39, 0.29) is 23.8 Å². The number of nitrogens with one attached hydrogen (secondary N) is 1. The predicted molar refractivity (Wildman–Crippen MR) is 85.5 cm³/mol. The third-order valence-corrected chi connectivity index (χ3v) is 6.25. The highest BCUT2D eigenvalue weighted by Gasteiger charge is 2.37. The van der Waals surface area contributed by atoms with Crippen molar-refractivity contribution < 1.29 is 14.7 Å². The van der Waals surface area contributed by atoms with Crippen LogP contribution in [0, 0.1) is 5.41 Å². The summed E-state index contributed by atoms with van der Waals surface area (Å²) in [4.78, 5) is 23.6. The molecule has 0 aromatic carbocycles. The summed E-state index contributed by atoms with van der Waals surface area (Å²) in [6, 6.07) is 0.276. The van der Waals surface area contributed by atoms with E-state index in [1.165, 1.54) is 19.3 Å². The maximum absolute atomic E-state index is 12.4. The lowest BCUT2D eigenvalue weighted by atomic mass is 9.69. The van der Waals surface area contributed by atoms with Gasteiger partial charge in [0.2, 0.25) is 5.91 Å². The fourth-order valence-electron chi connectivity index (χ4n) is 4.01. The average Bonchev–Trinajstić information content (AvgIpc) is 2.85. The van der Waals surface area contributed by atoms with Crippen LogP contribution in [0.4, 0.5) is 0 Å². The minimum absolute atomic E-state index is 0.0594.